The van der Waals surface area contributed by atoms with Crippen molar-refractivity contribution in [3.05, 3.63) is 83.3 Å². The fourth-order valence-electron chi connectivity index (χ4n) is 1.91. The third kappa shape index (κ3) is 4.16. The van der Waals surface area contributed by atoms with Gasteiger partial charge in [0.1, 0.15) is 0 Å². The van der Waals surface area contributed by atoms with Gasteiger partial charge < -0.3 is 4.74 Å². The predicted molar refractivity (Wildman–Crippen MR) is 89.1 cm³/mol. The highest BCUT2D eigenvalue weighted by atomic mass is 32.2. The maximum atomic E-state index is 12.7. The Morgan fingerprint density at radius 2 is 1.59 bits per heavy atom. The first kappa shape index (κ1) is 16.2. The molecule has 0 spiro atoms. The topological polar surface area (TPSA) is 43.4 Å². The van der Waals surface area contributed by atoms with Crippen LogP contribution in [0.4, 0.5) is 0 Å². The Morgan fingerprint density at radius 1 is 1.00 bits per heavy atom. The van der Waals surface area contributed by atoms with Crippen molar-refractivity contribution in [2.24, 2.45) is 0 Å². The normalized spacial score (nSPS) is 12.7. The summed E-state index contributed by atoms with van der Waals surface area (Å²) in [5, 5.41) is 0. The zero-order chi connectivity index (χ0) is 15.8. The van der Waals surface area contributed by atoms with Gasteiger partial charge in [-0.25, -0.2) is 8.42 Å². The average molecular weight is 314 g/mol. The molecule has 0 aliphatic carbocycles. The van der Waals surface area contributed by atoms with Crippen LogP contribution >= 0.6 is 0 Å². The van der Waals surface area contributed by atoms with E-state index in [0.717, 1.165) is 5.56 Å². The first-order chi connectivity index (χ1) is 10.6. The summed E-state index contributed by atoms with van der Waals surface area (Å²) >= 11 is 0. The molecule has 114 valence electrons. The molecule has 2 rings (SSSR count). The molecule has 0 bridgehead atoms. The molecule has 0 atom stereocenters. The fourth-order valence-corrected chi connectivity index (χ4v) is 3.23. The molecule has 0 unspecified atom stereocenters. The number of ether oxygens (including phenoxy) is 1. The van der Waals surface area contributed by atoms with Crippen molar-refractivity contribution in [1.82, 2.24) is 0 Å². The highest BCUT2D eigenvalue weighted by molar-refractivity contribution is 7.95. The lowest BCUT2D eigenvalue weighted by atomic mass is 10.2. The first-order valence-electron chi connectivity index (χ1n) is 6.87. The van der Waals surface area contributed by atoms with Gasteiger partial charge in [-0.05, 0) is 29.8 Å². The van der Waals surface area contributed by atoms with Crippen LogP contribution in [0.3, 0.4) is 0 Å². The van der Waals surface area contributed by atoms with Crippen molar-refractivity contribution in [2.45, 2.75) is 4.90 Å². The second-order valence-electron chi connectivity index (χ2n) is 4.62. The standard InChI is InChI=1S/C18H18O3S/c1-21-15-14-18(13-12-16-8-4-2-5-9-16)22(19,20)17-10-6-3-7-11-17/h2-14H,15H2,1H3/b13-12+,18-14-. The number of hydrogen-bond donors (Lipinski definition) is 0. The Kier molecular flexibility index (Phi) is 5.69. The van der Waals surface area contributed by atoms with Gasteiger partial charge in [0.05, 0.1) is 16.4 Å². The molecule has 2 aromatic carbocycles. The number of rotatable bonds is 6. The van der Waals surface area contributed by atoms with Crippen LogP contribution in [0.15, 0.2) is 82.6 Å². The molecule has 0 radical (unpaired) electrons. The second-order valence-corrected chi connectivity index (χ2v) is 6.57. The maximum Gasteiger partial charge on any atom is 0.206 e. The lowest BCUT2D eigenvalue weighted by Gasteiger charge is -2.06. The molecule has 0 aliphatic heterocycles. The molecular weight excluding hydrogens is 296 g/mol. The Morgan fingerprint density at radius 3 is 2.18 bits per heavy atom. The van der Waals surface area contributed by atoms with Gasteiger partial charge in [-0.3, -0.25) is 0 Å². The molecule has 0 heterocycles. The van der Waals surface area contributed by atoms with Gasteiger partial charge in [-0.2, -0.15) is 0 Å². The number of allylic oxidation sites excluding steroid dienone is 1. The summed E-state index contributed by atoms with van der Waals surface area (Å²) in [5.74, 6) is 0. The van der Waals surface area contributed by atoms with Gasteiger partial charge in [-0.1, -0.05) is 54.6 Å². The summed E-state index contributed by atoms with van der Waals surface area (Å²) in [4.78, 5) is 0.500. The maximum absolute atomic E-state index is 12.7. The van der Waals surface area contributed by atoms with E-state index in [1.807, 2.05) is 30.3 Å². The molecule has 0 amide bonds. The summed E-state index contributed by atoms with van der Waals surface area (Å²) in [6, 6.07) is 18.0. The van der Waals surface area contributed by atoms with Crippen LogP contribution in [-0.4, -0.2) is 22.1 Å². The number of sulfone groups is 1. The third-order valence-corrected chi connectivity index (χ3v) is 4.87. The molecule has 0 saturated heterocycles. The lowest BCUT2D eigenvalue weighted by Crippen LogP contribution is -2.04. The SMILES string of the molecule is COC/C=C(/C=C/c1ccccc1)S(=O)(=O)c1ccccc1. The Bertz CT molecular complexity index is 745. The van der Waals surface area contributed by atoms with E-state index in [-0.39, 0.29) is 16.4 Å². The first-order valence-corrected chi connectivity index (χ1v) is 8.35. The van der Waals surface area contributed by atoms with E-state index in [1.54, 1.807) is 48.6 Å². The van der Waals surface area contributed by atoms with Crippen LogP contribution in [0.1, 0.15) is 5.56 Å². The number of benzene rings is 2. The molecule has 2 aromatic rings. The summed E-state index contributed by atoms with van der Waals surface area (Å²) in [6.45, 7) is 0.237. The van der Waals surface area contributed by atoms with Crippen LogP contribution in [0.5, 0.6) is 0 Å². The number of hydrogen-bond acceptors (Lipinski definition) is 3. The monoisotopic (exact) mass is 314 g/mol. The van der Waals surface area contributed by atoms with Crippen molar-refractivity contribution in [3.63, 3.8) is 0 Å². The minimum absolute atomic E-state index is 0.226. The molecule has 22 heavy (non-hydrogen) atoms. The van der Waals surface area contributed by atoms with Gasteiger partial charge >= 0.3 is 0 Å². The summed E-state index contributed by atoms with van der Waals surface area (Å²) < 4.78 is 30.3. The summed E-state index contributed by atoms with van der Waals surface area (Å²) in [5.41, 5.74) is 0.939. The van der Waals surface area contributed by atoms with E-state index >= 15 is 0 Å². The largest absolute Gasteiger partial charge is 0.381 e. The smallest absolute Gasteiger partial charge is 0.206 e. The van der Waals surface area contributed by atoms with Crippen LogP contribution in [0.2, 0.25) is 0 Å². The van der Waals surface area contributed by atoms with E-state index in [1.165, 1.54) is 7.11 Å². The van der Waals surface area contributed by atoms with Gasteiger partial charge in [0.15, 0.2) is 0 Å². The molecule has 3 nitrogen and oxygen atoms in total. The van der Waals surface area contributed by atoms with Crippen LogP contribution < -0.4 is 0 Å². The van der Waals surface area contributed by atoms with Crippen LogP contribution in [0, 0.1) is 0 Å². The van der Waals surface area contributed by atoms with E-state index in [2.05, 4.69) is 0 Å². The molecule has 0 aliphatic rings. The van der Waals surface area contributed by atoms with Gasteiger partial charge in [-0.15, -0.1) is 0 Å². The summed E-state index contributed by atoms with van der Waals surface area (Å²) in [6.07, 6.45) is 4.96. The van der Waals surface area contributed by atoms with Crippen LogP contribution in [-0.2, 0) is 14.6 Å². The van der Waals surface area contributed by atoms with Crippen molar-refractivity contribution in [3.8, 4) is 0 Å². The van der Waals surface area contributed by atoms with Crippen molar-refractivity contribution in [1.29, 1.82) is 0 Å². The van der Waals surface area contributed by atoms with Crippen LogP contribution in [0.25, 0.3) is 6.08 Å². The Balaban J connectivity index is 2.37. The second kappa shape index (κ2) is 7.73. The van der Waals surface area contributed by atoms with E-state index in [4.69, 9.17) is 4.74 Å². The van der Waals surface area contributed by atoms with Gasteiger partial charge in [0.2, 0.25) is 9.84 Å². The van der Waals surface area contributed by atoms with E-state index in [0.29, 0.717) is 0 Å². The predicted octanol–water partition coefficient (Wildman–Crippen LogP) is 3.70. The minimum Gasteiger partial charge on any atom is -0.381 e. The molecule has 0 fully saturated rings. The zero-order valence-electron chi connectivity index (χ0n) is 12.3. The Hall–Kier alpha value is -2.17. The highest BCUT2D eigenvalue weighted by Gasteiger charge is 2.17. The van der Waals surface area contributed by atoms with Gasteiger partial charge in [0, 0.05) is 7.11 Å². The van der Waals surface area contributed by atoms with Crippen molar-refractivity contribution >= 4 is 15.9 Å². The molecule has 0 saturated carbocycles. The quantitative estimate of drug-likeness (QED) is 0.764. The minimum atomic E-state index is -3.55. The summed E-state index contributed by atoms with van der Waals surface area (Å²) in [7, 11) is -2.02. The van der Waals surface area contributed by atoms with Gasteiger partial charge in [0.25, 0.3) is 0 Å². The van der Waals surface area contributed by atoms with E-state index < -0.39 is 9.84 Å². The fraction of sp³-hybridized carbons (Fsp3) is 0.111. The third-order valence-electron chi connectivity index (χ3n) is 3.05. The molecular formula is C18H18O3S. The van der Waals surface area contributed by atoms with Crippen molar-refractivity contribution in [2.75, 3.05) is 13.7 Å². The zero-order valence-corrected chi connectivity index (χ0v) is 13.2. The van der Waals surface area contributed by atoms with Crippen molar-refractivity contribution < 1.29 is 13.2 Å². The van der Waals surface area contributed by atoms with E-state index in [9.17, 15) is 8.42 Å². The molecule has 0 aromatic heterocycles. The molecule has 0 N–H and O–H groups in total. The Labute approximate surface area is 131 Å². The molecule has 4 heteroatoms. The number of methoxy groups -OCH3 is 1. The highest BCUT2D eigenvalue weighted by Crippen LogP contribution is 2.21. The average Bonchev–Trinajstić information content (AvgIpc) is 2.56. The lowest BCUT2D eigenvalue weighted by molar-refractivity contribution is 0.233.